The number of aryl methyl sites for hydroxylation is 1. The summed E-state index contributed by atoms with van der Waals surface area (Å²) in [4.78, 5) is 36.8. The van der Waals surface area contributed by atoms with Crippen LogP contribution in [0.3, 0.4) is 0 Å². The van der Waals surface area contributed by atoms with E-state index < -0.39 is 23.5 Å². The number of benzene rings is 2. The summed E-state index contributed by atoms with van der Waals surface area (Å²) in [6.45, 7) is 1.71. The van der Waals surface area contributed by atoms with Crippen LogP contribution in [-0.4, -0.2) is 43.0 Å². The second kappa shape index (κ2) is 10.9. The van der Waals surface area contributed by atoms with Crippen molar-refractivity contribution in [3.63, 3.8) is 0 Å². The molecule has 9 heteroatoms. The van der Waals surface area contributed by atoms with Crippen molar-refractivity contribution in [2.24, 2.45) is 0 Å². The average molecular weight is 472 g/mol. The molecule has 2 N–H and O–H groups in total. The molecule has 0 fully saturated rings. The largest absolute Gasteiger partial charge is 0.493 e. The van der Waals surface area contributed by atoms with Gasteiger partial charge in [-0.15, -0.1) is 0 Å². The van der Waals surface area contributed by atoms with Crippen LogP contribution in [-0.2, 0) is 21.8 Å². The first-order chi connectivity index (χ1) is 15.8. The quantitative estimate of drug-likeness (QED) is 0.433. The van der Waals surface area contributed by atoms with E-state index in [2.05, 4.69) is 5.32 Å². The SMILES string of the molecule is COc1cc2oc(=O)c(CC(=O)N[C@@H](CSCc3ccccc3)C(=O)O)c(C)c2cc1OC. The van der Waals surface area contributed by atoms with E-state index in [1.165, 1.54) is 26.0 Å². The smallest absolute Gasteiger partial charge is 0.340 e. The maximum atomic E-state index is 12.6. The summed E-state index contributed by atoms with van der Waals surface area (Å²) in [5.41, 5.74) is 1.43. The molecule has 1 atom stereocenters. The van der Waals surface area contributed by atoms with Crippen molar-refractivity contribution >= 4 is 34.6 Å². The Morgan fingerprint density at radius 2 is 1.79 bits per heavy atom. The molecule has 33 heavy (non-hydrogen) atoms. The highest BCUT2D eigenvalue weighted by Crippen LogP contribution is 2.33. The number of aliphatic carboxylic acids is 1. The highest BCUT2D eigenvalue weighted by molar-refractivity contribution is 7.98. The Balaban J connectivity index is 1.74. The Morgan fingerprint density at radius 1 is 1.12 bits per heavy atom. The molecule has 3 aromatic rings. The second-order valence-electron chi connectivity index (χ2n) is 7.33. The highest BCUT2D eigenvalue weighted by Gasteiger charge is 2.22. The van der Waals surface area contributed by atoms with E-state index >= 15 is 0 Å². The molecule has 0 saturated heterocycles. The van der Waals surface area contributed by atoms with Gasteiger partial charge in [0, 0.05) is 23.0 Å². The first kappa shape index (κ1) is 24.2. The van der Waals surface area contributed by atoms with Crippen molar-refractivity contribution in [3.05, 3.63) is 69.6 Å². The van der Waals surface area contributed by atoms with Gasteiger partial charge in [0.15, 0.2) is 11.5 Å². The molecular weight excluding hydrogens is 446 g/mol. The molecule has 174 valence electrons. The minimum Gasteiger partial charge on any atom is -0.493 e. The van der Waals surface area contributed by atoms with Crippen LogP contribution in [0, 0.1) is 6.92 Å². The van der Waals surface area contributed by atoms with Crippen LogP contribution in [0.15, 0.2) is 51.7 Å². The fourth-order valence-corrected chi connectivity index (χ4v) is 4.38. The molecule has 0 bridgehead atoms. The van der Waals surface area contributed by atoms with Gasteiger partial charge >= 0.3 is 11.6 Å². The van der Waals surface area contributed by atoms with Crippen LogP contribution in [0.4, 0.5) is 0 Å². The normalized spacial score (nSPS) is 11.7. The van der Waals surface area contributed by atoms with Gasteiger partial charge in [-0.1, -0.05) is 30.3 Å². The zero-order valence-corrected chi connectivity index (χ0v) is 19.4. The van der Waals surface area contributed by atoms with Crippen molar-refractivity contribution in [3.8, 4) is 11.5 Å². The summed E-state index contributed by atoms with van der Waals surface area (Å²) in [6.07, 6.45) is -0.300. The average Bonchev–Trinajstić information content (AvgIpc) is 2.81. The Hall–Kier alpha value is -3.46. The van der Waals surface area contributed by atoms with E-state index in [1.807, 2.05) is 30.3 Å². The molecule has 1 aromatic heterocycles. The Morgan fingerprint density at radius 3 is 2.42 bits per heavy atom. The minimum absolute atomic E-state index is 0.160. The van der Waals surface area contributed by atoms with Crippen molar-refractivity contribution < 1.29 is 28.6 Å². The molecule has 1 heterocycles. The summed E-state index contributed by atoms with van der Waals surface area (Å²) in [5.74, 6) is -0.0210. The van der Waals surface area contributed by atoms with Gasteiger partial charge in [0.05, 0.1) is 26.2 Å². The number of carbonyl (C=O) groups excluding carboxylic acids is 1. The van der Waals surface area contributed by atoms with Crippen molar-refractivity contribution in [1.82, 2.24) is 5.32 Å². The molecule has 8 nitrogen and oxygen atoms in total. The lowest BCUT2D eigenvalue weighted by Crippen LogP contribution is -2.43. The molecule has 3 rings (SSSR count). The third kappa shape index (κ3) is 5.87. The van der Waals surface area contributed by atoms with Crippen molar-refractivity contribution in [1.29, 1.82) is 0 Å². The molecular formula is C24H25NO7S. The van der Waals surface area contributed by atoms with Gasteiger partial charge in [0.1, 0.15) is 11.6 Å². The lowest BCUT2D eigenvalue weighted by atomic mass is 10.0. The zero-order chi connectivity index (χ0) is 24.0. The number of carbonyl (C=O) groups is 2. The molecule has 0 unspecified atom stereocenters. The third-order valence-electron chi connectivity index (χ3n) is 5.16. The fraction of sp³-hybridized carbons (Fsp3) is 0.292. The number of fused-ring (bicyclic) bond motifs is 1. The van der Waals surface area contributed by atoms with E-state index in [-0.39, 0.29) is 17.7 Å². The summed E-state index contributed by atoms with van der Waals surface area (Å²) in [6, 6.07) is 11.8. The standard InChI is InChI=1S/C24H25NO7S/c1-14-16-9-20(30-2)21(31-3)11-19(16)32-24(29)17(14)10-22(26)25-18(23(27)28)13-33-12-15-7-5-4-6-8-15/h4-9,11,18H,10,12-13H2,1-3H3,(H,25,26)(H,27,28)/t18-/m0/s1. The number of hydrogen-bond acceptors (Lipinski definition) is 7. The Labute approximate surface area is 194 Å². The van der Waals surface area contributed by atoms with Gasteiger partial charge in [-0.25, -0.2) is 9.59 Å². The first-order valence-corrected chi connectivity index (χ1v) is 11.3. The molecule has 0 aliphatic carbocycles. The number of thioether (sulfide) groups is 1. The van der Waals surface area contributed by atoms with Gasteiger partial charge in [0.2, 0.25) is 5.91 Å². The number of carboxylic acids is 1. The van der Waals surface area contributed by atoms with E-state index in [0.29, 0.717) is 33.8 Å². The predicted octanol–water partition coefficient (Wildman–Crippen LogP) is 3.16. The number of hydrogen-bond donors (Lipinski definition) is 2. The summed E-state index contributed by atoms with van der Waals surface area (Å²) < 4.78 is 15.9. The maximum Gasteiger partial charge on any atom is 0.340 e. The van der Waals surface area contributed by atoms with E-state index in [4.69, 9.17) is 13.9 Å². The molecule has 0 radical (unpaired) electrons. The zero-order valence-electron chi connectivity index (χ0n) is 18.5. The van der Waals surface area contributed by atoms with Crippen LogP contribution in [0.5, 0.6) is 11.5 Å². The van der Waals surface area contributed by atoms with E-state index in [1.54, 1.807) is 19.1 Å². The topological polar surface area (TPSA) is 115 Å². The summed E-state index contributed by atoms with van der Waals surface area (Å²) in [5, 5.41) is 12.6. The van der Waals surface area contributed by atoms with E-state index in [0.717, 1.165) is 5.56 Å². The number of ether oxygens (including phenoxy) is 2. The van der Waals surface area contributed by atoms with Gasteiger partial charge < -0.3 is 24.3 Å². The number of rotatable bonds is 10. The third-order valence-corrected chi connectivity index (χ3v) is 6.26. The van der Waals surface area contributed by atoms with Crippen LogP contribution >= 0.6 is 11.8 Å². The molecule has 0 spiro atoms. The Bertz CT molecular complexity index is 1210. The minimum atomic E-state index is -1.14. The van der Waals surface area contributed by atoms with Crippen LogP contribution < -0.4 is 20.4 Å². The number of carboxylic acid groups (broad SMARTS) is 1. The van der Waals surface area contributed by atoms with Crippen molar-refractivity contribution in [2.75, 3.05) is 20.0 Å². The second-order valence-corrected chi connectivity index (χ2v) is 8.36. The van der Waals surface area contributed by atoms with Crippen LogP contribution in [0.25, 0.3) is 11.0 Å². The van der Waals surface area contributed by atoms with Crippen molar-refractivity contribution in [2.45, 2.75) is 25.1 Å². The maximum absolute atomic E-state index is 12.6. The van der Waals surface area contributed by atoms with Gasteiger partial charge in [0.25, 0.3) is 0 Å². The number of nitrogens with one attached hydrogen (secondary N) is 1. The predicted molar refractivity (Wildman–Crippen MR) is 126 cm³/mol. The van der Waals surface area contributed by atoms with Crippen LogP contribution in [0.1, 0.15) is 16.7 Å². The molecule has 2 aromatic carbocycles. The fourth-order valence-electron chi connectivity index (χ4n) is 3.37. The highest BCUT2D eigenvalue weighted by atomic mass is 32.2. The summed E-state index contributed by atoms with van der Waals surface area (Å²) >= 11 is 1.41. The Kier molecular flexibility index (Phi) is 8.00. The lowest BCUT2D eigenvalue weighted by Gasteiger charge is -2.15. The molecule has 0 aliphatic rings. The van der Waals surface area contributed by atoms with E-state index in [9.17, 15) is 19.5 Å². The molecule has 0 saturated carbocycles. The summed E-state index contributed by atoms with van der Waals surface area (Å²) in [7, 11) is 2.97. The number of amides is 1. The van der Waals surface area contributed by atoms with Crippen LogP contribution in [0.2, 0.25) is 0 Å². The van der Waals surface area contributed by atoms with Gasteiger partial charge in [-0.05, 0) is 24.1 Å². The molecule has 1 amide bonds. The van der Waals surface area contributed by atoms with Gasteiger partial charge in [-0.2, -0.15) is 11.8 Å². The number of methoxy groups -OCH3 is 2. The monoisotopic (exact) mass is 471 g/mol. The van der Waals surface area contributed by atoms with Gasteiger partial charge in [-0.3, -0.25) is 4.79 Å². The first-order valence-electron chi connectivity index (χ1n) is 10.2. The molecule has 0 aliphatic heterocycles. The lowest BCUT2D eigenvalue weighted by molar-refractivity contribution is -0.141.